The summed E-state index contributed by atoms with van der Waals surface area (Å²) in [5.74, 6) is 3.56. The monoisotopic (exact) mass is 358 g/mol. The minimum absolute atomic E-state index is 0.0658. The fourth-order valence-electron chi connectivity index (χ4n) is 4.10. The van der Waals surface area contributed by atoms with Gasteiger partial charge in [0.1, 0.15) is 24.4 Å². The summed E-state index contributed by atoms with van der Waals surface area (Å²) in [6, 6.07) is 0. The SMILES string of the molecule is Cc1nc(C)c2c(n1)OC(CN1CCC(c3nnc(CO)n3C)CC1)C2. The zero-order valence-electron chi connectivity index (χ0n) is 15.6. The third-order valence-corrected chi connectivity index (χ3v) is 5.55. The van der Waals surface area contributed by atoms with Gasteiger partial charge in [-0.05, 0) is 39.8 Å². The summed E-state index contributed by atoms with van der Waals surface area (Å²) >= 11 is 0. The molecule has 0 aliphatic carbocycles. The molecule has 1 unspecified atom stereocenters. The van der Waals surface area contributed by atoms with Crippen LogP contribution in [0, 0.1) is 13.8 Å². The average Bonchev–Trinajstić information content (AvgIpc) is 3.19. The molecule has 4 rings (SSSR count). The molecule has 0 amide bonds. The number of ether oxygens (including phenoxy) is 1. The fourth-order valence-corrected chi connectivity index (χ4v) is 4.10. The Balaban J connectivity index is 1.33. The normalized spacial score (nSPS) is 21.0. The van der Waals surface area contributed by atoms with E-state index in [-0.39, 0.29) is 12.7 Å². The highest BCUT2D eigenvalue weighted by Crippen LogP contribution is 2.31. The van der Waals surface area contributed by atoms with E-state index in [9.17, 15) is 5.11 Å². The van der Waals surface area contributed by atoms with Crippen LogP contribution < -0.4 is 4.74 Å². The summed E-state index contributed by atoms with van der Waals surface area (Å²) in [5, 5.41) is 17.6. The molecule has 1 N–H and O–H groups in total. The van der Waals surface area contributed by atoms with Crippen LogP contribution in [0.2, 0.25) is 0 Å². The second-order valence-electron chi connectivity index (χ2n) is 7.35. The van der Waals surface area contributed by atoms with Crippen molar-refractivity contribution < 1.29 is 9.84 Å². The van der Waals surface area contributed by atoms with Crippen molar-refractivity contribution in [3.63, 3.8) is 0 Å². The van der Waals surface area contributed by atoms with Crippen LogP contribution in [0.3, 0.4) is 0 Å². The molecule has 2 aromatic heterocycles. The van der Waals surface area contributed by atoms with Crippen molar-refractivity contribution in [2.75, 3.05) is 19.6 Å². The van der Waals surface area contributed by atoms with Crippen molar-refractivity contribution in [3.05, 3.63) is 28.7 Å². The average molecular weight is 358 g/mol. The van der Waals surface area contributed by atoms with Gasteiger partial charge in [-0.15, -0.1) is 10.2 Å². The van der Waals surface area contributed by atoms with E-state index in [4.69, 9.17) is 4.74 Å². The maximum atomic E-state index is 9.29. The standard InChI is InChI=1S/C18H26N6O2/c1-11-15-8-14(26-18(15)20-12(2)19-11)9-24-6-4-13(5-7-24)17-22-21-16(10-25)23(17)3/h13-14,25H,4-10H2,1-3H3. The Morgan fingerprint density at radius 3 is 2.62 bits per heavy atom. The Morgan fingerprint density at radius 1 is 1.15 bits per heavy atom. The zero-order chi connectivity index (χ0) is 18.3. The Bertz CT molecular complexity index is 797. The maximum Gasteiger partial charge on any atom is 0.220 e. The Morgan fingerprint density at radius 2 is 1.92 bits per heavy atom. The number of piperidine rings is 1. The van der Waals surface area contributed by atoms with E-state index in [1.807, 2.05) is 25.5 Å². The second-order valence-corrected chi connectivity index (χ2v) is 7.35. The lowest BCUT2D eigenvalue weighted by molar-refractivity contribution is 0.124. The van der Waals surface area contributed by atoms with Gasteiger partial charge < -0.3 is 14.4 Å². The van der Waals surface area contributed by atoms with E-state index in [0.717, 1.165) is 67.7 Å². The van der Waals surface area contributed by atoms with Crippen molar-refractivity contribution in [2.45, 2.75) is 51.7 Å². The van der Waals surface area contributed by atoms with Gasteiger partial charge in [0.05, 0.1) is 0 Å². The number of hydrogen-bond donors (Lipinski definition) is 1. The number of fused-ring (bicyclic) bond motifs is 1. The summed E-state index contributed by atoms with van der Waals surface area (Å²) in [4.78, 5) is 11.4. The molecule has 0 spiro atoms. The lowest BCUT2D eigenvalue weighted by atomic mass is 9.95. The van der Waals surface area contributed by atoms with Crippen molar-refractivity contribution in [3.8, 4) is 5.88 Å². The third-order valence-electron chi connectivity index (χ3n) is 5.55. The number of rotatable bonds is 4. The number of hydrogen-bond acceptors (Lipinski definition) is 7. The maximum absolute atomic E-state index is 9.29. The predicted octanol–water partition coefficient (Wildman–Crippen LogP) is 0.897. The van der Waals surface area contributed by atoms with Crippen LogP contribution in [-0.2, 0) is 20.1 Å². The van der Waals surface area contributed by atoms with E-state index in [0.29, 0.717) is 11.7 Å². The van der Waals surface area contributed by atoms with Crippen LogP contribution in [0.1, 0.15) is 47.5 Å². The first kappa shape index (κ1) is 17.4. The van der Waals surface area contributed by atoms with Crippen LogP contribution in [0.25, 0.3) is 0 Å². The molecule has 140 valence electrons. The number of likely N-dealkylation sites (tertiary alicyclic amines) is 1. The molecule has 1 saturated heterocycles. The summed E-state index contributed by atoms with van der Waals surface area (Å²) in [6.07, 6.45) is 3.15. The molecule has 8 heteroatoms. The van der Waals surface area contributed by atoms with E-state index in [2.05, 4.69) is 25.1 Å². The second kappa shape index (κ2) is 6.92. The molecule has 2 aliphatic rings. The minimum Gasteiger partial charge on any atom is -0.472 e. The molecule has 8 nitrogen and oxygen atoms in total. The van der Waals surface area contributed by atoms with Gasteiger partial charge >= 0.3 is 0 Å². The minimum atomic E-state index is -0.0658. The van der Waals surface area contributed by atoms with Crippen LogP contribution in [0.5, 0.6) is 5.88 Å². The molecular weight excluding hydrogens is 332 g/mol. The lowest BCUT2D eigenvalue weighted by Gasteiger charge is -2.32. The van der Waals surface area contributed by atoms with E-state index < -0.39 is 0 Å². The highest BCUT2D eigenvalue weighted by molar-refractivity contribution is 5.34. The van der Waals surface area contributed by atoms with Crippen molar-refractivity contribution >= 4 is 0 Å². The zero-order valence-corrected chi connectivity index (χ0v) is 15.6. The Hall–Kier alpha value is -2.06. The van der Waals surface area contributed by atoms with Crippen molar-refractivity contribution in [1.29, 1.82) is 0 Å². The first-order valence-corrected chi connectivity index (χ1v) is 9.27. The molecule has 2 aromatic rings. The molecule has 2 aliphatic heterocycles. The van der Waals surface area contributed by atoms with E-state index >= 15 is 0 Å². The highest BCUT2D eigenvalue weighted by atomic mass is 16.5. The number of aliphatic hydroxyl groups is 1. The number of aromatic nitrogens is 5. The van der Waals surface area contributed by atoms with Gasteiger partial charge in [-0.1, -0.05) is 0 Å². The smallest absolute Gasteiger partial charge is 0.220 e. The predicted molar refractivity (Wildman–Crippen MR) is 95.0 cm³/mol. The van der Waals surface area contributed by atoms with Gasteiger partial charge in [0.15, 0.2) is 5.82 Å². The molecule has 0 saturated carbocycles. The van der Waals surface area contributed by atoms with Gasteiger partial charge in [-0.25, -0.2) is 4.98 Å². The molecule has 0 aromatic carbocycles. The Kier molecular flexibility index (Phi) is 4.62. The summed E-state index contributed by atoms with van der Waals surface area (Å²) in [7, 11) is 1.93. The highest BCUT2D eigenvalue weighted by Gasteiger charge is 2.31. The van der Waals surface area contributed by atoms with Gasteiger partial charge in [0.25, 0.3) is 0 Å². The number of nitrogens with zero attached hydrogens (tertiary/aromatic N) is 6. The van der Waals surface area contributed by atoms with Crippen molar-refractivity contribution in [2.24, 2.45) is 7.05 Å². The molecular formula is C18H26N6O2. The first-order valence-electron chi connectivity index (χ1n) is 9.27. The Labute approximate surface area is 153 Å². The summed E-state index contributed by atoms with van der Waals surface area (Å²) < 4.78 is 8.00. The van der Waals surface area contributed by atoms with Crippen molar-refractivity contribution in [1.82, 2.24) is 29.6 Å². The van der Waals surface area contributed by atoms with Gasteiger partial charge in [-0.2, -0.15) is 4.98 Å². The van der Waals surface area contributed by atoms with Crippen LogP contribution in [0.15, 0.2) is 0 Å². The van der Waals surface area contributed by atoms with Gasteiger partial charge in [0, 0.05) is 37.2 Å². The van der Waals surface area contributed by atoms with E-state index in [1.54, 1.807) is 0 Å². The lowest BCUT2D eigenvalue weighted by Crippen LogP contribution is -2.40. The fraction of sp³-hybridized carbons (Fsp3) is 0.667. The quantitative estimate of drug-likeness (QED) is 0.868. The van der Waals surface area contributed by atoms with Gasteiger partial charge in [-0.3, -0.25) is 4.90 Å². The van der Waals surface area contributed by atoms with Gasteiger partial charge in [0.2, 0.25) is 5.88 Å². The van der Waals surface area contributed by atoms with E-state index in [1.165, 1.54) is 0 Å². The number of aliphatic hydroxyl groups excluding tert-OH is 1. The molecule has 0 radical (unpaired) electrons. The molecule has 26 heavy (non-hydrogen) atoms. The molecule has 0 bridgehead atoms. The molecule has 1 fully saturated rings. The van der Waals surface area contributed by atoms with Crippen LogP contribution >= 0.6 is 0 Å². The summed E-state index contributed by atoms with van der Waals surface area (Å²) in [6.45, 7) is 6.83. The largest absolute Gasteiger partial charge is 0.472 e. The first-order chi connectivity index (χ1) is 12.5. The van der Waals surface area contributed by atoms with Crippen LogP contribution in [0.4, 0.5) is 0 Å². The topological polar surface area (TPSA) is 89.2 Å². The third kappa shape index (κ3) is 3.19. The summed E-state index contributed by atoms with van der Waals surface area (Å²) in [5.41, 5.74) is 2.20. The number of aryl methyl sites for hydroxylation is 2. The molecule has 4 heterocycles. The molecule has 1 atom stereocenters. The van der Waals surface area contributed by atoms with Crippen LogP contribution in [-0.4, -0.2) is 60.5 Å².